The predicted octanol–water partition coefficient (Wildman–Crippen LogP) is 1.65. The second-order valence-corrected chi connectivity index (χ2v) is 4.60. The van der Waals surface area contributed by atoms with Crippen molar-refractivity contribution in [3.05, 3.63) is 29.6 Å². The molecule has 0 aliphatic carbocycles. The van der Waals surface area contributed by atoms with Gasteiger partial charge in [0.1, 0.15) is 5.69 Å². The van der Waals surface area contributed by atoms with Crippen LogP contribution in [-0.4, -0.2) is 40.0 Å². The third kappa shape index (κ3) is 3.06. The summed E-state index contributed by atoms with van der Waals surface area (Å²) in [5, 5.41) is 8.58. The molecule has 0 atom stereocenters. The molecule has 0 unspecified atom stereocenters. The molecule has 108 valence electrons. The van der Waals surface area contributed by atoms with Crippen LogP contribution in [0, 0.1) is 5.92 Å². The number of carboxylic acids is 1. The van der Waals surface area contributed by atoms with Crippen molar-refractivity contribution in [2.75, 3.05) is 13.1 Å². The molecule has 0 aromatic carbocycles. The van der Waals surface area contributed by atoms with Crippen molar-refractivity contribution in [2.24, 2.45) is 5.92 Å². The average molecular weight is 288 g/mol. The lowest BCUT2D eigenvalue weighted by molar-refractivity contribution is -0.141. The summed E-state index contributed by atoms with van der Waals surface area (Å²) in [6.07, 6.45) is -3.67. The van der Waals surface area contributed by atoms with Crippen LogP contribution < -0.4 is 0 Å². The molecular formula is C12H11F3N2O3. The van der Waals surface area contributed by atoms with Crippen molar-refractivity contribution in [2.45, 2.75) is 12.6 Å². The van der Waals surface area contributed by atoms with Crippen LogP contribution in [0.15, 0.2) is 18.3 Å². The van der Waals surface area contributed by atoms with E-state index in [9.17, 15) is 22.8 Å². The molecule has 1 aromatic rings. The highest BCUT2D eigenvalue weighted by Gasteiger charge is 2.34. The van der Waals surface area contributed by atoms with Gasteiger partial charge in [-0.05, 0) is 12.1 Å². The van der Waals surface area contributed by atoms with Gasteiger partial charge in [-0.15, -0.1) is 0 Å². The Hall–Kier alpha value is -2.12. The summed E-state index contributed by atoms with van der Waals surface area (Å²) in [5.74, 6) is -1.47. The van der Waals surface area contributed by atoms with Crippen LogP contribution >= 0.6 is 0 Å². The first-order valence-electron chi connectivity index (χ1n) is 5.81. The molecule has 0 bridgehead atoms. The van der Waals surface area contributed by atoms with Gasteiger partial charge in [0, 0.05) is 25.2 Å². The third-order valence-corrected chi connectivity index (χ3v) is 3.01. The zero-order valence-electron chi connectivity index (χ0n) is 10.2. The summed E-state index contributed by atoms with van der Waals surface area (Å²) in [7, 11) is 0. The number of aliphatic carboxylic acids is 1. The maximum absolute atomic E-state index is 12.3. The summed E-state index contributed by atoms with van der Waals surface area (Å²) in [6, 6.07) is 1.82. The molecule has 1 fully saturated rings. The molecule has 1 aliphatic heterocycles. The smallest absolute Gasteiger partial charge is 0.433 e. The first-order chi connectivity index (χ1) is 9.27. The summed E-state index contributed by atoms with van der Waals surface area (Å²) >= 11 is 0. The number of carbonyl (C=O) groups is 2. The highest BCUT2D eigenvalue weighted by Crippen LogP contribution is 2.28. The van der Waals surface area contributed by atoms with E-state index in [1.54, 1.807) is 0 Å². The number of rotatable bonds is 3. The van der Waals surface area contributed by atoms with Crippen LogP contribution in [0.1, 0.15) is 22.5 Å². The number of pyridine rings is 1. The number of carboxylic acid groups (broad SMARTS) is 1. The number of hydrogen-bond acceptors (Lipinski definition) is 3. The van der Waals surface area contributed by atoms with Crippen molar-refractivity contribution in [3.8, 4) is 0 Å². The van der Waals surface area contributed by atoms with Crippen molar-refractivity contribution in [3.63, 3.8) is 0 Å². The quantitative estimate of drug-likeness (QED) is 0.918. The highest BCUT2D eigenvalue weighted by atomic mass is 19.4. The Morgan fingerprint density at radius 2 is 2.00 bits per heavy atom. The number of hydrogen-bond donors (Lipinski definition) is 1. The summed E-state index contributed by atoms with van der Waals surface area (Å²) in [4.78, 5) is 26.9. The number of aromatic nitrogens is 1. The van der Waals surface area contributed by atoms with Crippen LogP contribution in [0.4, 0.5) is 13.2 Å². The highest BCUT2D eigenvalue weighted by molar-refractivity contribution is 5.94. The monoisotopic (exact) mass is 288 g/mol. The van der Waals surface area contributed by atoms with E-state index in [1.807, 2.05) is 0 Å². The number of amides is 1. The molecule has 1 saturated heterocycles. The molecule has 1 aliphatic rings. The fraction of sp³-hybridized carbons (Fsp3) is 0.417. The van der Waals surface area contributed by atoms with E-state index in [-0.39, 0.29) is 17.9 Å². The van der Waals surface area contributed by atoms with Crippen LogP contribution in [0.3, 0.4) is 0 Å². The number of nitrogens with zero attached hydrogens (tertiary/aromatic N) is 2. The minimum atomic E-state index is -4.54. The number of halogens is 3. The third-order valence-electron chi connectivity index (χ3n) is 3.01. The Bertz CT molecular complexity index is 522. The summed E-state index contributed by atoms with van der Waals surface area (Å²) < 4.78 is 36.9. The van der Waals surface area contributed by atoms with E-state index < -0.39 is 23.7 Å². The van der Waals surface area contributed by atoms with Crippen molar-refractivity contribution in [1.82, 2.24) is 9.88 Å². The Balaban J connectivity index is 1.96. The normalized spacial score (nSPS) is 15.8. The minimum absolute atomic E-state index is 0.0188. The summed E-state index contributed by atoms with van der Waals surface area (Å²) in [6.45, 7) is 0.596. The molecule has 0 spiro atoms. The van der Waals surface area contributed by atoms with Gasteiger partial charge in [-0.3, -0.25) is 14.6 Å². The van der Waals surface area contributed by atoms with Gasteiger partial charge in [0.05, 0.1) is 12.0 Å². The fourth-order valence-electron chi connectivity index (χ4n) is 1.98. The first-order valence-corrected chi connectivity index (χ1v) is 5.81. The Kier molecular flexibility index (Phi) is 3.65. The van der Waals surface area contributed by atoms with E-state index in [0.717, 1.165) is 18.3 Å². The molecule has 20 heavy (non-hydrogen) atoms. The second kappa shape index (κ2) is 5.10. The van der Waals surface area contributed by atoms with Gasteiger partial charge in [-0.25, -0.2) is 0 Å². The molecule has 1 amide bonds. The largest absolute Gasteiger partial charge is 0.481 e. The van der Waals surface area contributed by atoms with Gasteiger partial charge in [-0.2, -0.15) is 13.2 Å². The SMILES string of the molecule is O=C(O)CC1CN(C(=O)c2ccc(C(F)(F)F)nc2)C1. The Labute approximate surface area is 112 Å². The van der Waals surface area contributed by atoms with Crippen molar-refractivity contribution >= 4 is 11.9 Å². The molecule has 5 nitrogen and oxygen atoms in total. The van der Waals surface area contributed by atoms with E-state index in [2.05, 4.69) is 4.98 Å². The van der Waals surface area contributed by atoms with Crippen LogP contribution in [0.5, 0.6) is 0 Å². The first kappa shape index (κ1) is 14.3. The predicted molar refractivity (Wildman–Crippen MR) is 60.9 cm³/mol. The van der Waals surface area contributed by atoms with Gasteiger partial charge in [-0.1, -0.05) is 0 Å². The molecular weight excluding hydrogens is 277 g/mol. The van der Waals surface area contributed by atoms with E-state index in [0.29, 0.717) is 13.1 Å². The van der Waals surface area contributed by atoms with Gasteiger partial charge in [0.15, 0.2) is 0 Å². The van der Waals surface area contributed by atoms with Crippen LogP contribution in [0.2, 0.25) is 0 Å². The zero-order valence-corrected chi connectivity index (χ0v) is 10.2. The van der Waals surface area contributed by atoms with Gasteiger partial charge in [0.2, 0.25) is 0 Å². The molecule has 8 heteroatoms. The van der Waals surface area contributed by atoms with Crippen LogP contribution in [0.25, 0.3) is 0 Å². The lowest BCUT2D eigenvalue weighted by Crippen LogP contribution is -2.50. The minimum Gasteiger partial charge on any atom is -0.481 e. The van der Waals surface area contributed by atoms with Gasteiger partial charge >= 0.3 is 12.1 Å². The van der Waals surface area contributed by atoms with Crippen molar-refractivity contribution in [1.29, 1.82) is 0 Å². The molecule has 2 heterocycles. The molecule has 0 saturated carbocycles. The lowest BCUT2D eigenvalue weighted by Gasteiger charge is -2.38. The maximum Gasteiger partial charge on any atom is 0.433 e. The number of likely N-dealkylation sites (tertiary alicyclic amines) is 1. The zero-order chi connectivity index (χ0) is 14.9. The Morgan fingerprint density at radius 1 is 1.35 bits per heavy atom. The number of carbonyl (C=O) groups excluding carboxylic acids is 1. The fourth-order valence-corrected chi connectivity index (χ4v) is 1.98. The topological polar surface area (TPSA) is 70.5 Å². The van der Waals surface area contributed by atoms with Crippen LogP contribution in [-0.2, 0) is 11.0 Å². The molecule has 1 N–H and O–H groups in total. The van der Waals surface area contributed by atoms with Gasteiger partial charge < -0.3 is 10.0 Å². The second-order valence-electron chi connectivity index (χ2n) is 4.60. The lowest BCUT2D eigenvalue weighted by atomic mass is 9.95. The average Bonchev–Trinajstić information content (AvgIpc) is 2.31. The maximum atomic E-state index is 12.3. The Morgan fingerprint density at radius 3 is 2.45 bits per heavy atom. The van der Waals surface area contributed by atoms with Crippen molar-refractivity contribution < 1.29 is 27.9 Å². The van der Waals surface area contributed by atoms with E-state index in [1.165, 1.54) is 4.90 Å². The molecule has 2 rings (SSSR count). The molecule has 1 aromatic heterocycles. The summed E-state index contributed by atoms with van der Waals surface area (Å²) in [5.41, 5.74) is -0.992. The van der Waals surface area contributed by atoms with E-state index in [4.69, 9.17) is 5.11 Å². The van der Waals surface area contributed by atoms with Gasteiger partial charge in [0.25, 0.3) is 5.91 Å². The van der Waals surface area contributed by atoms with E-state index >= 15 is 0 Å². The molecule has 0 radical (unpaired) electrons. The number of alkyl halides is 3. The standard InChI is InChI=1S/C12H11F3N2O3/c13-12(14,15)9-2-1-8(4-16-9)11(20)17-5-7(6-17)3-10(18)19/h1-2,4,7H,3,5-6H2,(H,18,19).